The van der Waals surface area contributed by atoms with Crippen LogP contribution in [0.3, 0.4) is 0 Å². The van der Waals surface area contributed by atoms with Crippen LogP contribution in [-0.4, -0.2) is 0 Å². The van der Waals surface area contributed by atoms with Gasteiger partial charge >= 0.3 is 0 Å². The Labute approximate surface area is 329 Å². The first-order valence-electron chi connectivity index (χ1n) is 19.5. The van der Waals surface area contributed by atoms with Crippen molar-refractivity contribution in [1.29, 1.82) is 0 Å². The molecule has 10 rings (SSSR count). The number of anilines is 3. The summed E-state index contributed by atoms with van der Waals surface area (Å²) in [6.07, 6.45) is 0. The van der Waals surface area contributed by atoms with Crippen molar-refractivity contribution in [2.45, 2.75) is 19.3 Å². The Morgan fingerprint density at radius 2 is 0.786 bits per heavy atom. The second-order valence-electron chi connectivity index (χ2n) is 15.3. The van der Waals surface area contributed by atoms with Crippen LogP contribution in [0.4, 0.5) is 17.1 Å². The molecule has 0 unspecified atom stereocenters. The van der Waals surface area contributed by atoms with Crippen LogP contribution in [-0.2, 0) is 5.41 Å². The second-order valence-corrected chi connectivity index (χ2v) is 15.3. The molecule has 0 fully saturated rings. The molecule has 0 bridgehead atoms. The summed E-state index contributed by atoms with van der Waals surface area (Å²) in [7, 11) is 0. The van der Waals surface area contributed by atoms with Gasteiger partial charge in [0.1, 0.15) is 0 Å². The molecule has 9 aromatic rings. The Kier molecular flexibility index (Phi) is 8.23. The third kappa shape index (κ3) is 5.72. The van der Waals surface area contributed by atoms with Crippen LogP contribution in [0.15, 0.2) is 212 Å². The highest BCUT2D eigenvalue weighted by molar-refractivity contribution is 5.99. The molecule has 0 amide bonds. The van der Waals surface area contributed by atoms with E-state index in [4.69, 9.17) is 0 Å². The monoisotopic (exact) mass is 715 g/mol. The number of hydrogen-bond acceptors (Lipinski definition) is 1. The van der Waals surface area contributed by atoms with E-state index >= 15 is 0 Å². The van der Waals surface area contributed by atoms with Gasteiger partial charge in [0.2, 0.25) is 0 Å². The van der Waals surface area contributed by atoms with Gasteiger partial charge in [0.25, 0.3) is 0 Å². The Balaban J connectivity index is 1.09. The predicted molar refractivity (Wildman–Crippen MR) is 238 cm³/mol. The predicted octanol–water partition coefficient (Wildman–Crippen LogP) is 15.3. The summed E-state index contributed by atoms with van der Waals surface area (Å²) < 4.78 is 0. The molecule has 1 aliphatic rings. The molecule has 1 heteroatoms. The smallest absolute Gasteiger partial charge is 0.0543 e. The van der Waals surface area contributed by atoms with Gasteiger partial charge < -0.3 is 4.90 Å². The average Bonchev–Trinajstić information content (AvgIpc) is 3.51. The maximum absolute atomic E-state index is 2.48. The van der Waals surface area contributed by atoms with Gasteiger partial charge in [-0.15, -0.1) is 0 Å². The zero-order valence-corrected chi connectivity index (χ0v) is 31.7. The van der Waals surface area contributed by atoms with Crippen molar-refractivity contribution in [3.63, 3.8) is 0 Å². The van der Waals surface area contributed by atoms with E-state index in [0.29, 0.717) is 0 Å². The van der Waals surface area contributed by atoms with Crippen LogP contribution in [0.25, 0.3) is 66.4 Å². The minimum atomic E-state index is -0.109. The quantitative estimate of drug-likeness (QED) is 0.159. The fourth-order valence-corrected chi connectivity index (χ4v) is 8.84. The molecule has 0 saturated heterocycles. The summed E-state index contributed by atoms with van der Waals surface area (Å²) in [6.45, 7) is 4.71. The molecule has 56 heavy (non-hydrogen) atoms. The third-order valence-electron chi connectivity index (χ3n) is 11.7. The van der Waals surface area contributed by atoms with Crippen molar-refractivity contribution in [3.05, 3.63) is 223 Å². The van der Waals surface area contributed by atoms with E-state index in [-0.39, 0.29) is 5.41 Å². The van der Waals surface area contributed by atoms with Crippen molar-refractivity contribution < 1.29 is 0 Å². The van der Waals surface area contributed by atoms with E-state index in [1.807, 2.05) is 0 Å². The molecule has 0 spiro atoms. The fourth-order valence-electron chi connectivity index (χ4n) is 8.84. The summed E-state index contributed by atoms with van der Waals surface area (Å²) in [4.78, 5) is 2.48. The summed E-state index contributed by atoms with van der Waals surface area (Å²) in [6, 6.07) is 77.5. The lowest BCUT2D eigenvalue weighted by Gasteiger charge is -2.30. The summed E-state index contributed by atoms with van der Waals surface area (Å²) in [5, 5.41) is 2.54. The topological polar surface area (TPSA) is 3.24 Å². The van der Waals surface area contributed by atoms with E-state index in [1.54, 1.807) is 0 Å². The van der Waals surface area contributed by atoms with Crippen molar-refractivity contribution in [3.8, 4) is 55.6 Å². The van der Waals surface area contributed by atoms with Gasteiger partial charge in [0, 0.05) is 22.2 Å². The van der Waals surface area contributed by atoms with Gasteiger partial charge in [0.15, 0.2) is 0 Å². The van der Waals surface area contributed by atoms with Crippen molar-refractivity contribution in [1.82, 2.24) is 0 Å². The molecule has 0 aliphatic heterocycles. The zero-order chi connectivity index (χ0) is 37.6. The van der Waals surface area contributed by atoms with Gasteiger partial charge in [-0.1, -0.05) is 202 Å². The highest BCUT2D eigenvalue weighted by atomic mass is 15.1. The SMILES string of the molecule is CC1(C)c2ccccc2-c2c(N(c3ccc(-c4ccc(-c5cccc6ccccc56)cc4)cc3)c3ccccc3-c3ccc(-c4ccccc4)cc3)cccc21. The van der Waals surface area contributed by atoms with Gasteiger partial charge in [-0.2, -0.15) is 0 Å². The van der Waals surface area contributed by atoms with E-state index in [1.165, 1.54) is 83.2 Å². The fraction of sp³-hybridized carbons (Fsp3) is 0.0545. The van der Waals surface area contributed by atoms with Crippen LogP contribution in [0.2, 0.25) is 0 Å². The molecule has 0 saturated carbocycles. The lowest BCUT2D eigenvalue weighted by Crippen LogP contribution is -2.16. The molecule has 0 N–H and O–H groups in total. The molecule has 1 aliphatic carbocycles. The van der Waals surface area contributed by atoms with Crippen molar-refractivity contribution in [2.24, 2.45) is 0 Å². The van der Waals surface area contributed by atoms with Crippen molar-refractivity contribution in [2.75, 3.05) is 4.90 Å². The van der Waals surface area contributed by atoms with Crippen molar-refractivity contribution >= 4 is 27.8 Å². The summed E-state index contributed by atoms with van der Waals surface area (Å²) in [5.74, 6) is 0. The molecule has 0 heterocycles. The van der Waals surface area contributed by atoms with E-state index < -0.39 is 0 Å². The number of nitrogens with zero attached hydrogens (tertiary/aromatic N) is 1. The van der Waals surface area contributed by atoms with Crippen LogP contribution >= 0.6 is 0 Å². The molecular formula is C55H41N. The Bertz CT molecular complexity index is 2840. The first-order valence-corrected chi connectivity index (χ1v) is 19.5. The number of rotatable bonds is 7. The largest absolute Gasteiger partial charge is 0.309 e. The lowest BCUT2D eigenvalue weighted by molar-refractivity contribution is 0.660. The lowest BCUT2D eigenvalue weighted by atomic mass is 9.82. The van der Waals surface area contributed by atoms with E-state index in [2.05, 4.69) is 231 Å². The number of benzene rings is 9. The van der Waals surface area contributed by atoms with Crippen LogP contribution in [0, 0.1) is 0 Å². The van der Waals surface area contributed by atoms with E-state index in [9.17, 15) is 0 Å². The molecule has 266 valence electrons. The molecule has 1 nitrogen and oxygen atoms in total. The number of fused-ring (bicyclic) bond motifs is 4. The molecule has 9 aromatic carbocycles. The molecule has 0 aromatic heterocycles. The first-order chi connectivity index (χ1) is 27.5. The minimum Gasteiger partial charge on any atom is -0.309 e. The Hall–Kier alpha value is -6.96. The Morgan fingerprint density at radius 3 is 1.52 bits per heavy atom. The molecular weight excluding hydrogens is 675 g/mol. The van der Waals surface area contributed by atoms with Crippen LogP contribution < -0.4 is 4.90 Å². The van der Waals surface area contributed by atoms with E-state index in [0.717, 1.165) is 11.4 Å². The zero-order valence-electron chi connectivity index (χ0n) is 31.7. The standard InChI is InChI=1S/C55H41N/c1-55(2)50-22-10-8-20-49(50)54-51(55)23-13-25-53(54)56(52-24-11-9-19-48(52)44-32-28-39(29-33-44)38-14-4-3-5-15-38)45-36-34-41(35-37-45)40-26-30-43(31-27-40)47-21-12-17-42-16-6-7-18-46(42)47/h3-37H,1-2H3. The molecule has 0 atom stereocenters. The summed E-state index contributed by atoms with van der Waals surface area (Å²) in [5.41, 5.74) is 18.3. The van der Waals surface area contributed by atoms with Crippen LogP contribution in [0.1, 0.15) is 25.0 Å². The van der Waals surface area contributed by atoms with Crippen LogP contribution in [0.5, 0.6) is 0 Å². The Morgan fingerprint density at radius 1 is 0.321 bits per heavy atom. The second kappa shape index (κ2) is 13.7. The minimum absolute atomic E-state index is 0.109. The third-order valence-corrected chi connectivity index (χ3v) is 11.7. The maximum atomic E-state index is 2.48. The molecule has 0 radical (unpaired) electrons. The first kappa shape index (κ1) is 33.6. The normalized spacial score (nSPS) is 12.6. The maximum Gasteiger partial charge on any atom is 0.0543 e. The van der Waals surface area contributed by atoms with Gasteiger partial charge in [0.05, 0.1) is 11.4 Å². The highest BCUT2D eigenvalue weighted by Gasteiger charge is 2.37. The average molecular weight is 716 g/mol. The van der Waals surface area contributed by atoms with Gasteiger partial charge in [-0.25, -0.2) is 0 Å². The number of para-hydroxylation sites is 1. The number of hydrogen-bond donors (Lipinski definition) is 0. The highest BCUT2D eigenvalue weighted by Crippen LogP contribution is 2.55. The summed E-state index contributed by atoms with van der Waals surface area (Å²) >= 11 is 0. The van der Waals surface area contributed by atoms with Gasteiger partial charge in [-0.3, -0.25) is 0 Å². The van der Waals surface area contributed by atoms with Gasteiger partial charge in [-0.05, 0) is 90.7 Å².